The third kappa shape index (κ3) is 4.31. The second-order valence-corrected chi connectivity index (χ2v) is 9.89. The van der Waals surface area contributed by atoms with Crippen molar-refractivity contribution >= 4 is 5.91 Å². The van der Waals surface area contributed by atoms with Crippen LogP contribution in [0, 0.1) is 12.8 Å². The second-order valence-electron chi connectivity index (χ2n) is 9.89. The van der Waals surface area contributed by atoms with E-state index in [2.05, 4.69) is 43.9 Å². The first kappa shape index (κ1) is 20.7. The van der Waals surface area contributed by atoms with Crippen molar-refractivity contribution in [1.82, 2.24) is 9.80 Å². The summed E-state index contributed by atoms with van der Waals surface area (Å²) in [5, 5.41) is 0. The van der Waals surface area contributed by atoms with Gasteiger partial charge in [-0.3, -0.25) is 9.69 Å². The molecule has 1 saturated carbocycles. The Kier molecular flexibility index (Phi) is 5.64. The number of benzene rings is 1. The molecule has 0 unspecified atom stereocenters. The number of morpholine rings is 1. The largest absolute Gasteiger partial charge is 0.478 e. The highest BCUT2D eigenvalue weighted by atomic mass is 16.5. The number of carbonyl (C=O) groups is 1. The highest BCUT2D eigenvalue weighted by Gasteiger charge is 2.45. The predicted octanol–water partition coefficient (Wildman–Crippen LogP) is 3.60. The summed E-state index contributed by atoms with van der Waals surface area (Å²) < 4.78 is 12.3. The summed E-state index contributed by atoms with van der Waals surface area (Å²) in [5.41, 5.74) is 1.39. The Morgan fingerprint density at radius 3 is 2.66 bits per heavy atom. The van der Waals surface area contributed by atoms with Crippen LogP contribution in [-0.2, 0) is 9.53 Å². The Labute approximate surface area is 175 Å². The van der Waals surface area contributed by atoms with Gasteiger partial charge in [-0.2, -0.15) is 0 Å². The number of carbonyl (C=O) groups excluding carboxylic acids is 1. The molecule has 5 nitrogen and oxygen atoms in total. The van der Waals surface area contributed by atoms with Crippen LogP contribution in [0.15, 0.2) is 18.2 Å². The molecule has 0 radical (unpaired) electrons. The molecule has 160 valence electrons. The first-order valence-corrected chi connectivity index (χ1v) is 11.2. The monoisotopic (exact) mass is 400 g/mol. The van der Waals surface area contributed by atoms with E-state index in [0.717, 1.165) is 55.6 Å². The lowest BCUT2D eigenvalue weighted by molar-refractivity contribution is -0.153. The van der Waals surface area contributed by atoms with Gasteiger partial charge in [0.25, 0.3) is 5.91 Å². The molecule has 1 aromatic carbocycles. The van der Waals surface area contributed by atoms with Crippen molar-refractivity contribution < 1.29 is 14.3 Å². The lowest BCUT2D eigenvalue weighted by Crippen LogP contribution is -2.65. The molecule has 2 heterocycles. The first-order chi connectivity index (χ1) is 13.8. The smallest absolute Gasteiger partial charge is 0.266 e. The van der Waals surface area contributed by atoms with E-state index in [-0.39, 0.29) is 5.91 Å². The topological polar surface area (TPSA) is 42.0 Å². The highest BCUT2D eigenvalue weighted by Crippen LogP contribution is 2.38. The molecule has 0 aromatic heterocycles. The van der Waals surface area contributed by atoms with Crippen molar-refractivity contribution in [1.29, 1.82) is 0 Å². The molecular weight excluding hydrogens is 364 g/mol. The molecule has 2 aliphatic heterocycles. The Morgan fingerprint density at radius 1 is 1.21 bits per heavy atom. The van der Waals surface area contributed by atoms with Crippen molar-refractivity contribution in [2.75, 3.05) is 32.8 Å². The lowest BCUT2D eigenvalue weighted by atomic mass is 9.99. The van der Waals surface area contributed by atoms with Gasteiger partial charge in [0.2, 0.25) is 0 Å². The summed E-state index contributed by atoms with van der Waals surface area (Å²) in [7, 11) is 0. The third-order valence-electron chi connectivity index (χ3n) is 6.68. The van der Waals surface area contributed by atoms with E-state index in [1.165, 1.54) is 12.8 Å². The van der Waals surface area contributed by atoms with Gasteiger partial charge in [-0.25, -0.2) is 0 Å². The normalized spacial score (nSPS) is 25.8. The summed E-state index contributed by atoms with van der Waals surface area (Å²) in [6, 6.07) is 7.14. The van der Waals surface area contributed by atoms with Gasteiger partial charge in [-0.05, 0) is 62.6 Å². The molecule has 1 amide bonds. The molecular formula is C24H36N2O3. The van der Waals surface area contributed by atoms with Crippen molar-refractivity contribution in [3.05, 3.63) is 29.3 Å². The zero-order valence-corrected chi connectivity index (χ0v) is 18.6. The maximum atomic E-state index is 13.4. The molecule has 3 aliphatic rings. The quantitative estimate of drug-likeness (QED) is 0.757. The minimum Gasteiger partial charge on any atom is -0.478 e. The lowest BCUT2D eigenvalue weighted by Gasteiger charge is -2.49. The fraction of sp³-hybridized carbons (Fsp3) is 0.708. The highest BCUT2D eigenvalue weighted by molar-refractivity contribution is 5.85. The number of aryl methyl sites for hydroxylation is 1. The Hall–Kier alpha value is -1.59. The summed E-state index contributed by atoms with van der Waals surface area (Å²) in [6.45, 7) is 14.2. The Balaban J connectivity index is 1.46. The molecule has 1 aliphatic carbocycles. The van der Waals surface area contributed by atoms with Gasteiger partial charge in [0.05, 0.1) is 19.3 Å². The van der Waals surface area contributed by atoms with Crippen LogP contribution in [0.3, 0.4) is 0 Å². The number of hydrogen-bond donors (Lipinski definition) is 0. The third-order valence-corrected chi connectivity index (χ3v) is 6.68. The number of rotatable bonds is 5. The van der Waals surface area contributed by atoms with E-state index in [1.807, 2.05) is 18.7 Å². The molecule has 2 atom stereocenters. The number of hydrogen-bond acceptors (Lipinski definition) is 4. The number of piperazine rings is 1. The van der Waals surface area contributed by atoms with Gasteiger partial charge in [-0.15, -0.1) is 0 Å². The minimum atomic E-state index is -0.898. The SMILES string of the molecule is Cc1ccc(C(C)C)c(OC(C)(C)C(=O)N2CCN3[C@@H](COC[C@@H]3C3CC3)C2)c1. The van der Waals surface area contributed by atoms with Gasteiger partial charge in [0, 0.05) is 25.7 Å². The Morgan fingerprint density at radius 2 is 1.97 bits per heavy atom. The molecule has 2 saturated heterocycles. The molecule has 1 aromatic rings. The summed E-state index contributed by atoms with van der Waals surface area (Å²) in [5.74, 6) is 2.04. The first-order valence-electron chi connectivity index (χ1n) is 11.2. The maximum absolute atomic E-state index is 13.4. The zero-order valence-electron chi connectivity index (χ0n) is 18.6. The van der Waals surface area contributed by atoms with Gasteiger partial charge in [-0.1, -0.05) is 26.0 Å². The van der Waals surface area contributed by atoms with Gasteiger partial charge < -0.3 is 14.4 Å². The fourth-order valence-corrected chi connectivity index (χ4v) is 4.85. The van der Waals surface area contributed by atoms with Crippen LogP contribution in [-0.4, -0.2) is 66.2 Å². The summed E-state index contributed by atoms with van der Waals surface area (Å²) >= 11 is 0. The number of amides is 1. The van der Waals surface area contributed by atoms with Crippen LogP contribution in [0.4, 0.5) is 0 Å². The van der Waals surface area contributed by atoms with E-state index >= 15 is 0 Å². The van der Waals surface area contributed by atoms with Crippen LogP contribution in [0.2, 0.25) is 0 Å². The van der Waals surface area contributed by atoms with E-state index in [0.29, 0.717) is 18.0 Å². The van der Waals surface area contributed by atoms with Crippen molar-refractivity contribution in [3.8, 4) is 5.75 Å². The van der Waals surface area contributed by atoms with E-state index < -0.39 is 5.60 Å². The van der Waals surface area contributed by atoms with Gasteiger partial charge in [0.15, 0.2) is 5.60 Å². The number of ether oxygens (including phenoxy) is 2. The molecule has 29 heavy (non-hydrogen) atoms. The summed E-state index contributed by atoms with van der Waals surface area (Å²) in [6.07, 6.45) is 2.66. The predicted molar refractivity (Wildman–Crippen MR) is 114 cm³/mol. The van der Waals surface area contributed by atoms with Crippen LogP contribution in [0.25, 0.3) is 0 Å². The molecule has 5 heteroatoms. The van der Waals surface area contributed by atoms with Crippen molar-refractivity contribution in [3.63, 3.8) is 0 Å². The molecule has 3 fully saturated rings. The van der Waals surface area contributed by atoms with Crippen LogP contribution in [0.5, 0.6) is 5.75 Å². The molecule has 0 bridgehead atoms. The van der Waals surface area contributed by atoms with Crippen LogP contribution >= 0.6 is 0 Å². The fourth-order valence-electron chi connectivity index (χ4n) is 4.85. The van der Waals surface area contributed by atoms with Gasteiger partial charge >= 0.3 is 0 Å². The Bertz CT molecular complexity index is 756. The molecule has 0 spiro atoms. The summed E-state index contributed by atoms with van der Waals surface area (Å²) in [4.78, 5) is 18.0. The van der Waals surface area contributed by atoms with Gasteiger partial charge in [0.1, 0.15) is 5.75 Å². The zero-order chi connectivity index (χ0) is 20.8. The van der Waals surface area contributed by atoms with Crippen molar-refractivity contribution in [2.45, 2.75) is 71.1 Å². The molecule has 0 N–H and O–H groups in total. The number of nitrogens with zero attached hydrogens (tertiary/aromatic N) is 2. The average molecular weight is 401 g/mol. The molecule has 4 rings (SSSR count). The standard InChI is InChI=1S/C24H36N2O3/c1-16(2)20-9-6-17(3)12-22(20)29-24(4,5)23(27)25-10-11-26-19(13-25)14-28-15-21(26)18-7-8-18/h6,9,12,16,18-19,21H,7-8,10-11,13-15H2,1-5H3/t19-,21-/m1/s1. The van der Waals surface area contributed by atoms with E-state index in [9.17, 15) is 4.79 Å². The van der Waals surface area contributed by atoms with Crippen LogP contribution in [0.1, 0.15) is 57.6 Å². The average Bonchev–Trinajstić information content (AvgIpc) is 3.51. The van der Waals surface area contributed by atoms with E-state index in [1.54, 1.807) is 0 Å². The number of fused-ring (bicyclic) bond motifs is 1. The van der Waals surface area contributed by atoms with E-state index in [4.69, 9.17) is 9.47 Å². The maximum Gasteiger partial charge on any atom is 0.266 e. The minimum absolute atomic E-state index is 0.0712. The second kappa shape index (κ2) is 7.92. The van der Waals surface area contributed by atoms with Crippen LogP contribution < -0.4 is 4.74 Å². The van der Waals surface area contributed by atoms with Crippen molar-refractivity contribution in [2.24, 2.45) is 5.92 Å².